The van der Waals surface area contributed by atoms with Gasteiger partial charge in [0.05, 0.1) is 0 Å². The summed E-state index contributed by atoms with van der Waals surface area (Å²) < 4.78 is 0. The molecule has 0 aliphatic carbocycles. The van der Waals surface area contributed by atoms with E-state index in [0.717, 1.165) is 17.1 Å². The summed E-state index contributed by atoms with van der Waals surface area (Å²) in [5.41, 5.74) is 3.87. The van der Waals surface area contributed by atoms with Crippen molar-refractivity contribution < 1.29 is 0 Å². The van der Waals surface area contributed by atoms with Crippen molar-refractivity contribution >= 4 is 17.3 Å². The standard InChI is InChI=1S/C17H18ClN/c1-17(2)11-12-19(17)14-9-7-13(8-10-14)15-5-3-4-6-16(15)18/h3-10H,11-12H2,1-2H3. The highest BCUT2D eigenvalue weighted by Gasteiger charge is 2.35. The van der Waals surface area contributed by atoms with Crippen LogP contribution < -0.4 is 4.90 Å². The summed E-state index contributed by atoms with van der Waals surface area (Å²) in [4.78, 5) is 2.45. The van der Waals surface area contributed by atoms with E-state index in [1.807, 2.05) is 18.2 Å². The van der Waals surface area contributed by atoms with E-state index in [0.29, 0.717) is 5.54 Å². The molecule has 1 nitrogen and oxygen atoms in total. The number of hydrogen-bond acceptors (Lipinski definition) is 1. The maximum absolute atomic E-state index is 6.23. The van der Waals surface area contributed by atoms with Crippen molar-refractivity contribution in [3.63, 3.8) is 0 Å². The zero-order valence-electron chi connectivity index (χ0n) is 11.4. The van der Waals surface area contributed by atoms with Gasteiger partial charge in [0.2, 0.25) is 0 Å². The van der Waals surface area contributed by atoms with Gasteiger partial charge < -0.3 is 4.90 Å². The van der Waals surface area contributed by atoms with Crippen molar-refractivity contribution in [1.29, 1.82) is 0 Å². The van der Waals surface area contributed by atoms with E-state index in [2.05, 4.69) is 49.1 Å². The molecule has 2 aromatic rings. The number of anilines is 1. The summed E-state index contributed by atoms with van der Waals surface area (Å²) in [7, 11) is 0. The molecule has 0 spiro atoms. The monoisotopic (exact) mass is 271 g/mol. The fourth-order valence-corrected chi connectivity index (χ4v) is 2.91. The second-order valence-corrected chi connectivity index (χ2v) is 6.15. The minimum absolute atomic E-state index is 0.298. The van der Waals surface area contributed by atoms with E-state index in [1.54, 1.807) is 0 Å². The summed E-state index contributed by atoms with van der Waals surface area (Å²) in [5.74, 6) is 0. The highest BCUT2D eigenvalue weighted by molar-refractivity contribution is 6.33. The van der Waals surface area contributed by atoms with Gasteiger partial charge in [0, 0.05) is 28.4 Å². The first-order chi connectivity index (χ1) is 9.08. The van der Waals surface area contributed by atoms with Crippen LogP contribution in [0.1, 0.15) is 20.3 Å². The molecule has 0 N–H and O–H groups in total. The van der Waals surface area contributed by atoms with Gasteiger partial charge in [0.1, 0.15) is 0 Å². The fraction of sp³-hybridized carbons (Fsp3) is 0.294. The van der Waals surface area contributed by atoms with E-state index in [1.165, 1.54) is 17.7 Å². The third-order valence-corrected chi connectivity index (χ3v) is 4.37. The molecule has 0 amide bonds. The molecule has 98 valence electrons. The Morgan fingerprint density at radius 1 is 1.00 bits per heavy atom. The number of hydrogen-bond donors (Lipinski definition) is 0. The Hall–Kier alpha value is -1.47. The van der Waals surface area contributed by atoms with Gasteiger partial charge in [-0.3, -0.25) is 0 Å². The topological polar surface area (TPSA) is 3.24 Å². The first kappa shape index (κ1) is 12.6. The van der Waals surface area contributed by atoms with Gasteiger partial charge in [-0.15, -0.1) is 0 Å². The van der Waals surface area contributed by atoms with Crippen LogP contribution in [-0.4, -0.2) is 12.1 Å². The summed E-state index contributed by atoms with van der Waals surface area (Å²) in [6.45, 7) is 5.73. The van der Waals surface area contributed by atoms with Crippen molar-refractivity contribution in [2.45, 2.75) is 25.8 Å². The molecule has 1 aliphatic rings. The van der Waals surface area contributed by atoms with Crippen LogP contribution in [0.2, 0.25) is 5.02 Å². The zero-order valence-corrected chi connectivity index (χ0v) is 12.1. The Morgan fingerprint density at radius 3 is 2.21 bits per heavy atom. The molecular weight excluding hydrogens is 254 g/mol. The molecule has 0 unspecified atom stereocenters. The maximum Gasteiger partial charge on any atom is 0.0484 e. The lowest BCUT2D eigenvalue weighted by molar-refractivity contribution is 0.332. The second kappa shape index (κ2) is 4.57. The van der Waals surface area contributed by atoms with E-state index >= 15 is 0 Å². The van der Waals surface area contributed by atoms with E-state index in [-0.39, 0.29) is 0 Å². The smallest absolute Gasteiger partial charge is 0.0484 e. The van der Waals surface area contributed by atoms with Gasteiger partial charge in [0.15, 0.2) is 0 Å². The lowest BCUT2D eigenvalue weighted by Crippen LogP contribution is -2.56. The van der Waals surface area contributed by atoms with Gasteiger partial charge >= 0.3 is 0 Å². The largest absolute Gasteiger partial charge is 0.366 e. The second-order valence-electron chi connectivity index (χ2n) is 5.74. The molecule has 0 radical (unpaired) electrons. The van der Waals surface area contributed by atoms with Gasteiger partial charge in [-0.25, -0.2) is 0 Å². The van der Waals surface area contributed by atoms with Crippen LogP contribution in [0, 0.1) is 0 Å². The number of nitrogens with zero attached hydrogens (tertiary/aromatic N) is 1. The van der Waals surface area contributed by atoms with Gasteiger partial charge in [0.25, 0.3) is 0 Å². The molecule has 1 aliphatic heterocycles. The average Bonchev–Trinajstić information content (AvgIpc) is 2.39. The lowest BCUT2D eigenvalue weighted by atomic mass is 9.88. The minimum atomic E-state index is 0.298. The van der Waals surface area contributed by atoms with E-state index in [9.17, 15) is 0 Å². The van der Waals surface area contributed by atoms with Crippen LogP contribution in [0.5, 0.6) is 0 Å². The summed E-state index contributed by atoms with van der Waals surface area (Å²) in [6.07, 6.45) is 1.26. The molecule has 3 rings (SSSR count). The molecule has 0 atom stereocenters. The van der Waals surface area contributed by atoms with Crippen molar-refractivity contribution in [2.75, 3.05) is 11.4 Å². The minimum Gasteiger partial charge on any atom is -0.366 e. The molecule has 0 aromatic heterocycles. The van der Waals surface area contributed by atoms with E-state index in [4.69, 9.17) is 11.6 Å². The first-order valence-electron chi connectivity index (χ1n) is 6.70. The highest BCUT2D eigenvalue weighted by atomic mass is 35.5. The van der Waals surface area contributed by atoms with Crippen LogP contribution in [0.3, 0.4) is 0 Å². The van der Waals surface area contributed by atoms with Crippen LogP contribution in [-0.2, 0) is 0 Å². The van der Waals surface area contributed by atoms with Crippen LogP contribution in [0.4, 0.5) is 5.69 Å². The normalized spacial score (nSPS) is 17.1. The SMILES string of the molecule is CC1(C)CCN1c1ccc(-c2ccccc2Cl)cc1. The Balaban J connectivity index is 1.90. The average molecular weight is 272 g/mol. The Labute approximate surface area is 119 Å². The molecule has 0 saturated carbocycles. The quantitative estimate of drug-likeness (QED) is 0.743. The molecule has 1 fully saturated rings. The summed E-state index contributed by atoms with van der Waals surface area (Å²) in [5, 5.41) is 0.805. The number of benzene rings is 2. The van der Waals surface area contributed by atoms with Crippen molar-refractivity contribution in [3.8, 4) is 11.1 Å². The van der Waals surface area contributed by atoms with Crippen LogP contribution in [0.15, 0.2) is 48.5 Å². The first-order valence-corrected chi connectivity index (χ1v) is 7.08. The van der Waals surface area contributed by atoms with Crippen LogP contribution >= 0.6 is 11.6 Å². The molecule has 19 heavy (non-hydrogen) atoms. The lowest BCUT2D eigenvalue weighted by Gasteiger charge is -2.50. The van der Waals surface area contributed by atoms with Crippen LogP contribution in [0.25, 0.3) is 11.1 Å². The maximum atomic E-state index is 6.23. The van der Waals surface area contributed by atoms with Crippen molar-refractivity contribution in [1.82, 2.24) is 0 Å². The summed E-state index contributed by atoms with van der Waals surface area (Å²) >= 11 is 6.23. The molecule has 0 bridgehead atoms. The predicted octanol–water partition coefficient (Wildman–Crippen LogP) is 5.00. The van der Waals surface area contributed by atoms with Gasteiger partial charge in [-0.1, -0.05) is 41.9 Å². The third-order valence-electron chi connectivity index (χ3n) is 4.04. The van der Waals surface area contributed by atoms with Crippen molar-refractivity contribution in [2.24, 2.45) is 0 Å². The summed E-state index contributed by atoms with van der Waals surface area (Å²) in [6, 6.07) is 16.7. The highest BCUT2D eigenvalue weighted by Crippen LogP contribution is 2.36. The van der Waals surface area contributed by atoms with E-state index < -0.39 is 0 Å². The Kier molecular flexibility index (Phi) is 3.02. The molecule has 1 heterocycles. The molecular formula is C17H18ClN. The third kappa shape index (κ3) is 2.23. The van der Waals surface area contributed by atoms with Gasteiger partial charge in [-0.05, 0) is 44.0 Å². The molecule has 1 saturated heterocycles. The number of rotatable bonds is 2. The molecule has 2 heteroatoms. The number of halogens is 1. The Bertz CT molecular complexity index is 586. The van der Waals surface area contributed by atoms with Crippen molar-refractivity contribution in [3.05, 3.63) is 53.6 Å². The Morgan fingerprint density at radius 2 is 1.68 bits per heavy atom. The zero-order chi connectivity index (χ0) is 13.5. The van der Waals surface area contributed by atoms with Gasteiger partial charge in [-0.2, -0.15) is 0 Å². The molecule has 2 aromatic carbocycles. The fourth-order valence-electron chi connectivity index (χ4n) is 2.67. The predicted molar refractivity (Wildman–Crippen MR) is 82.9 cm³/mol.